The van der Waals surface area contributed by atoms with Crippen molar-refractivity contribution >= 4 is 18.3 Å². The first kappa shape index (κ1) is 16.5. The van der Waals surface area contributed by atoms with Gasteiger partial charge in [-0.2, -0.15) is 0 Å². The number of aromatic nitrogens is 1. The van der Waals surface area contributed by atoms with E-state index in [4.69, 9.17) is 4.42 Å². The highest BCUT2D eigenvalue weighted by molar-refractivity contribution is 5.85. The highest BCUT2D eigenvalue weighted by atomic mass is 35.5. The SMILES string of the molecule is Cl.O=C(CCc1ncc(-c2ccccc2)o1)N1CCNCC1. The van der Waals surface area contributed by atoms with Gasteiger partial charge in [0, 0.05) is 44.6 Å². The number of piperazine rings is 1. The number of carbonyl (C=O) groups excluding carboxylic acids is 1. The molecule has 1 fully saturated rings. The van der Waals surface area contributed by atoms with E-state index in [0.717, 1.165) is 37.5 Å². The van der Waals surface area contributed by atoms with E-state index in [-0.39, 0.29) is 18.3 Å². The molecule has 118 valence electrons. The monoisotopic (exact) mass is 321 g/mol. The predicted octanol–water partition coefficient (Wildman–Crippen LogP) is 2.13. The maximum Gasteiger partial charge on any atom is 0.223 e. The lowest BCUT2D eigenvalue weighted by molar-refractivity contribution is -0.131. The first-order valence-corrected chi connectivity index (χ1v) is 7.31. The van der Waals surface area contributed by atoms with Gasteiger partial charge in [-0.25, -0.2) is 4.98 Å². The van der Waals surface area contributed by atoms with Crippen LogP contribution in [0.2, 0.25) is 0 Å². The fraction of sp³-hybridized carbons (Fsp3) is 0.375. The maximum absolute atomic E-state index is 12.1. The number of nitrogens with zero attached hydrogens (tertiary/aromatic N) is 2. The number of carbonyl (C=O) groups is 1. The van der Waals surface area contributed by atoms with Gasteiger partial charge in [-0.15, -0.1) is 12.4 Å². The van der Waals surface area contributed by atoms with Crippen molar-refractivity contribution in [2.24, 2.45) is 0 Å². The molecule has 0 atom stereocenters. The van der Waals surface area contributed by atoms with Crippen LogP contribution in [0.4, 0.5) is 0 Å². The Balaban J connectivity index is 0.00000176. The molecule has 0 unspecified atom stereocenters. The minimum absolute atomic E-state index is 0. The number of nitrogens with one attached hydrogen (secondary N) is 1. The van der Waals surface area contributed by atoms with E-state index in [1.165, 1.54) is 0 Å². The van der Waals surface area contributed by atoms with E-state index >= 15 is 0 Å². The molecule has 1 aliphatic rings. The van der Waals surface area contributed by atoms with Crippen molar-refractivity contribution < 1.29 is 9.21 Å². The van der Waals surface area contributed by atoms with E-state index in [2.05, 4.69) is 10.3 Å². The average molecular weight is 322 g/mol. The molecule has 0 saturated carbocycles. The maximum atomic E-state index is 12.1. The number of oxazole rings is 1. The van der Waals surface area contributed by atoms with E-state index in [9.17, 15) is 4.79 Å². The van der Waals surface area contributed by atoms with Crippen LogP contribution < -0.4 is 5.32 Å². The number of hydrogen-bond donors (Lipinski definition) is 1. The van der Waals surface area contributed by atoms with Gasteiger partial charge in [0.15, 0.2) is 11.7 Å². The fourth-order valence-corrected chi connectivity index (χ4v) is 2.45. The summed E-state index contributed by atoms with van der Waals surface area (Å²) in [4.78, 5) is 18.2. The van der Waals surface area contributed by atoms with Gasteiger partial charge in [0.05, 0.1) is 6.20 Å². The van der Waals surface area contributed by atoms with Gasteiger partial charge in [0.1, 0.15) is 0 Å². The van der Waals surface area contributed by atoms with Crippen LogP contribution in [0.15, 0.2) is 40.9 Å². The second kappa shape index (κ2) is 7.96. The molecule has 22 heavy (non-hydrogen) atoms. The van der Waals surface area contributed by atoms with Gasteiger partial charge in [-0.1, -0.05) is 30.3 Å². The molecule has 1 saturated heterocycles. The molecule has 3 rings (SSSR count). The summed E-state index contributed by atoms with van der Waals surface area (Å²) in [6.07, 6.45) is 2.73. The van der Waals surface area contributed by atoms with Crippen LogP contribution in [0.3, 0.4) is 0 Å². The number of benzene rings is 1. The largest absolute Gasteiger partial charge is 0.441 e. The van der Waals surface area contributed by atoms with Crippen LogP contribution >= 0.6 is 12.4 Å². The molecule has 1 aromatic carbocycles. The zero-order valence-corrected chi connectivity index (χ0v) is 13.1. The second-order valence-corrected chi connectivity index (χ2v) is 5.12. The van der Waals surface area contributed by atoms with E-state index in [1.807, 2.05) is 35.2 Å². The molecule has 0 bridgehead atoms. The third-order valence-electron chi connectivity index (χ3n) is 3.63. The van der Waals surface area contributed by atoms with Gasteiger partial charge >= 0.3 is 0 Å². The zero-order valence-electron chi connectivity index (χ0n) is 12.3. The van der Waals surface area contributed by atoms with E-state index < -0.39 is 0 Å². The molecule has 5 nitrogen and oxygen atoms in total. The van der Waals surface area contributed by atoms with Crippen LogP contribution in [0.1, 0.15) is 12.3 Å². The molecule has 2 heterocycles. The summed E-state index contributed by atoms with van der Waals surface area (Å²) in [5, 5.41) is 3.24. The Hall–Kier alpha value is -1.85. The quantitative estimate of drug-likeness (QED) is 0.937. The highest BCUT2D eigenvalue weighted by Gasteiger charge is 2.17. The molecule has 1 N–H and O–H groups in total. The number of rotatable bonds is 4. The van der Waals surface area contributed by atoms with Gasteiger partial charge in [0.25, 0.3) is 0 Å². The molecule has 0 aliphatic carbocycles. The van der Waals surface area contributed by atoms with Gasteiger partial charge in [0.2, 0.25) is 5.91 Å². The summed E-state index contributed by atoms with van der Waals surface area (Å²) in [6.45, 7) is 3.34. The average Bonchev–Trinajstić information content (AvgIpc) is 3.03. The Morgan fingerprint density at radius 3 is 2.68 bits per heavy atom. The number of hydrogen-bond acceptors (Lipinski definition) is 4. The van der Waals surface area contributed by atoms with Crippen molar-refractivity contribution in [1.82, 2.24) is 15.2 Å². The van der Waals surface area contributed by atoms with Crippen LogP contribution in [0, 0.1) is 0 Å². The van der Waals surface area contributed by atoms with Crippen molar-refractivity contribution in [3.8, 4) is 11.3 Å². The summed E-state index contributed by atoms with van der Waals surface area (Å²) in [7, 11) is 0. The van der Waals surface area contributed by atoms with Gasteiger partial charge in [-0.3, -0.25) is 4.79 Å². The Morgan fingerprint density at radius 1 is 1.23 bits per heavy atom. The molecule has 6 heteroatoms. The molecular formula is C16H20ClN3O2. The Labute approximate surface area is 136 Å². The number of halogens is 1. The summed E-state index contributed by atoms with van der Waals surface area (Å²) >= 11 is 0. The normalized spacial score (nSPS) is 14.5. The fourth-order valence-electron chi connectivity index (χ4n) is 2.45. The second-order valence-electron chi connectivity index (χ2n) is 5.12. The molecule has 0 spiro atoms. The third kappa shape index (κ3) is 4.08. The standard InChI is InChI=1S/C16H19N3O2.ClH/c20-16(19-10-8-17-9-11-19)7-6-15-18-12-14(21-15)13-4-2-1-3-5-13;/h1-5,12,17H,6-11H2;1H. The van der Waals surface area contributed by atoms with Crippen molar-refractivity contribution in [2.45, 2.75) is 12.8 Å². The van der Waals surface area contributed by atoms with E-state index in [1.54, 1.807) is 6.20 Å². The summed E-state index contributed by atoms with van der Waals surface area (Å²) in [5.74, 6) is 1.55. The minimum Gasteiger partial charge on any atom is -0.441 e. The van der Waals surface area contributed by atoms with Crippen molar-refractivity contribution in [2.75, 3.05) is 26.2 Å². The molecule has 1 aliphatic heterocycles. The molecule has 1 amide bonds. The summed E-state index contributed by atoms with van der Waals surface area (Å²) in [6, 6.07) is 9.86. The smallest absolute Gasteiger partial charge is 0.223 e. The first-order valence-electron chi connectivity index (χ1n) is 7.31. The Kier molecular flexibility index (Phi) is 5.98. The van der Waals surface area contributed by atoms with Crippen LogP contribution in [-0.4, -0.2) is 42.0 Å². The van der Waals surface area contributed by atoms with Gasteiger partial charge < -0.3 is 14.6 Å². The molecule has 1 aromatic heterocycles. The van der Waals surface area contributed by atoms with Crippen LogP contribution in [0.25, 0.3) is 11.3 Å². The third-order valence-corrected chi connectivity index (χ3v) is 3.63. The molecular weight excluding hydrogens is 302 g/mol. The highest BCUT2D eigenvalue weighted by Crippen LogP contribution is 2.20. The zero-order chi connectivity index (χ0) is 14.5. The minimum atomic E-state index is 0. The lowest BCUT2D eigenvalue weighted by atomic mass is 10.2. The van der Waals surface area contributed by atoms with Crippen molar-refractivity contribution in [1.29, 1.82) is 0 Å². The van der Waals surface area contributed by atoms with Crippen molar-refractivity contribution in [3.63, 3.8) is 0 Å². The topological polar surface area (TPSA) is 58.4 Å². The molecule has 0 radical (unpaired) electrons. The van der Waals surface area contributed by atoms with Gasteiger partial charge in [-0.05, 0) is 0 Å². The van der Waals surface area contributed by atoms with E-state index in [0.29, 0.717) is 18.7 Å². The predicted molar refractivity (Wildman–Crippen MR) is 87.0 cm³/mol. The summed E-state index contributed by atoms with van der Waals surface area (Å²) < 4.78 is 5.71. The Morgan fingerprint density at radius 2 is 1.95 bits per heavy atom. The number of amides is 1. The molecule has 2 aromatic rings. The first-order chi connectivity index (χ1) is 10.3. The lowest BCUT2D eigenvalue weighted by Gasteiger charge is -2.27. The number of aryl methyl sites for hydroxylation is 1. The lowest BCUT2D eigenvalue weighted by Crippen LogP contribution is -2.46. The van der Waals surface area contributed by atoms with Crippen molar-refractivity contribution in [3.05, 3.63) is 42.4 Å². The Bertz CT molecular complexity index is 594. The van der Waals surface area contributed by atoms with Crippen LogP contribution in [0.5, 0.6) is 0 Å². The van der Waals surface area contributed by atoms with Crippen LogP contribution in [-0.2, 0) is 11.2 Å². The summed E-state index contributed by atoms with van der Waals surface area (Å²) in [5.41, 5.74) is 1.00.